The van der Waals surface area contributed by atoms with E-state index in [-0.39, 0.29) is 43.5 Å². The molecule has 10 atom stereocenters. The normalized spacial score (nSPS) is 56.9. The van der Waals surface area contributed by atoms with Gasteiger partial charge >= 0.3 is 0 Å². The molecule has 1 spiro atoms. The van der Waals surface area contributed by atoms with Gasteiger partial charge in [-0.25, -0.2) is 0 Å². The molecule has 173 valence electrons. The molecule has 0 bridgehead atoms. The molecule has 4 aliphatic carbocycles. The molecule has 30 heavy (non-hydrogen) atoms. The summed E-state index contributed by atoms with van der Waals surface area (Å²) < 4.78 is 13.4. The van der Waals surface area contributed by atoms with Crippen LogP contribution in [0.1, 0.15) is 85.5 Å². The maximum absolute atomic E-state index is 6.90. The van der Waals surface area contributed by atoms with Gasteiger partial charge in [0.2, 0.25) is 0 Å². The molecule has 0 aromatic rings. The maximum atomic E-state index is 6.90. The van der Waals surface area contributed by atoms with Crippen LogP contribution in [0.25, 0.3) is 0 Å². The zero-order chi connectivity index (χ0) is 20.0. The zero-order valence-corrected chi connectivity index (χ0v) is 21.3. The summed E-state index contributed by atoms with van der Waals surface area (Å²) in [4.78, 5) is 0. The van der Waals surface area contributed by atoms with Gasteiger partial charge in [0, 0.05) is 50.1 Å². The largest absolute Gasteiger partial charge is 0.349 e. The molecule has 0 unspecified atom stereocenters. The van der Waals surface area contributed by atoms with Gasteiger partial charge in [-0.05, 0) is 72.5 Å². The Labute approximate surface area is 214 Å². The van der Waals surface area contributed by atoms with Crippen LogP contribution in [0.5, 0.6) is 0 Å². The maximum Gasteiger partial charge on any atom is 0.171 e. The molecule has 6 aliphatic rings. The van der Waals surface area contributed by atoms with Crippen LogP contribution in [0.15, 0.2) is 11.6 Å². The molecule has 3 heteroatoms. The molecular weight excluding hydrogens is 521 g/mol. The Kier molecular flexibility index (Phi) is 5.84. The van der Waals surface area contributed by atoms with Gasteiger partial charge in [0.25, 0.3) is 0 Å². The summed E-state index contributed by atoms with van der Waals surface area (Å²) in [6, 6.07) is 0. The summed E-state index contributed by atoms with van der Waals surface area (Å²) in [7, 11) is 0. The molecule has 0 aromatic heterocycles. The van der Waals surface area contributed by atoms with Gasteiger partial charge in [-0.3, -0.25) is 0 Å². The third kappa shape index (κ3) is 2.98. The van der Waals surface area contributed by atoms with Crippen LogP contribution in [0.3, 0.4) is 0 Å². The summed E-state index contributed by atoms with van der Waals surface area (Å²) in [5.74, 6) is 4.29. The van der Waals surface area contributed by atoms with Crippen LogP contribution in [0, 0.1) is 90.5 Å². The van der Waals surface area contributed by atoms with Crippen molar-refractivity contribution >= 4 is 0 Å². The van der Waals surface area contributed by atoms with E-state index >= 15 is 0 Å². The van der Waals surface area contributed by atoms with Gasteiger partial charge in [0.15, 0.2) is 5.79 Å². The monoisotopic (exact) mass is 562 g/mol. The summed E-state index contributed by atoms with van der Waals surface area (Å²) in [6.45, 7) is 10.9. The van der Waals surface area contributed by atoms with Crippen LogP contribution < -0.4 is 0 Å². The van der Waals surface area contributed by atoms with Crippen molar-refractivity contribution in [1.29, 1.82) is 0 Å². The molecule has 0 amide bonds. The Morgan fingerprint density at radius 1 is 1.07 bits per heavy atom. The Morgan fingerprint density at radius 2 is 1.90 bits per heavy atom. The van der Waals surface area contributed by atoms with E-state index in [9.17, 15) is 0 Å². The van der Waals surface area contributed by atoms with E-state index in [1.807, 2.05) is 0 Å². The summed E-state index contributed by atoms with van der Waals surface area (Å²) in [6.07, 6.45) is 17.4. The average Bonchev–Trinajstić information content (AvgIpc) is 3.15. The molecule has 1 radical (unpaired) electrons. The topological polar surface area (TPSA) is 18.5 Å². The van der Waals surface area contributed by atoms with Gasteiger partial charge < -0.3 is 15.9 Å². The van der Waals surface area contributed by atoms with Crippen LogP contribution >= 0.6 is 0 Å². The Balaban J connectivity index is 0.00000193. The average molecular weight is 563 g/mol. The third-order valence-corrected chi connectivity index (χ3v) is 11.1. The van der Waals surface area contributed by atoms with Crippen molar-refractivity contribution in [2.45, 2.75) is 97.4 Å². The molecule has 3 saturated carbocycles. The van der Waals surface area contributed by atoms with Gasteiger partial charge in [-0.1, -0.05) is 45.8 Å². The van der Waals surface area contributed by atoms with Crippen molar-refractivity contribution in [1.82, 2.24) is 0 Å². The van der Waals surface area contributed by atoms with E-state index in [4.69, 9.17) is 9.47 Å². The van der Waals surface area contributed by atoms with E-state index in [0.29, 0.717) is 34.7 Å². The molecule has 2 saturated heterocycles. The van der Waals surface area contributed by atoms with Crippen LogP contribution in [-0.2, 0) is 9.47 Å². The number of ether oxygens (including phenoxy) is 2. The number of hydrogen-bond donors (Lipinski definition) is 0. The molecule has 2 heterocycles. The molecule has 0 aromatic carbocycles. The van der Waals surface area contributed by atoms with E-state index in [0.717, 1.165) is 30.8 Å². The van der Waals surface area contributed by atoms with Crippen LogP contribution in [-0.4, -0.2) is 18.5 Å². The first-order valence-electron chi connectivity index (χ1n) is 12.7. The van der Waals surface area contributed by atoms with Crippen molar-refractivity contribution in [3.8, 4) is 0 Å². The van der Waals surface area contributed by atoms with Crippen molar-refractivity contribution in [2.24, 2.45) is 46.3 Å². The Bertz CT molecular complexity index is 710. The standard InChI is InChI=1S/C27H41O2.Ho/c1-17-10-14-27(28-16-17)18(2)24-23(29-27)15-22-20-9-8-19-7-5-6-12-25(19,3)21(20)11-13-26(22,24)4;/h5,8,17-18,20-24H,6-7,9-16H2,1-4H3;/q-1;/t17-,18+,20-,21+,22+,23+,24+,25+,26+,27-;/m1./s1. The van der Waals surface area contributed by atoms with Crippen molar-refractivity contribution in [3.05, 3.63) is 18.1 Å². The first-order chi connectivity index (χ1) is 13.9. The minimum absolute atomic E-state index is 0. The van der Waals surface area contributed by atoms with Gasteiger partial charge in [-0.2, -0.15) is 12.8 Å². The molecule has 2 aliphatic heterocycles. The molecule has 2 nitrogen and oxygen atoms in total. The second kappa shape index (κ2) is 7.72. The summed E-state index contributed by atoms with van der Waals surface area (Å²) >= 11 is 0. The quantitative estimate of drug-likeness (QED) is 0.189. The van der Waals surface area contributed by atoms with E-state index < -0.39 is 0 Å². The predicted molar refractivity (Wildman–Crippen MR) is 116 cm³/mol. The van der Waals surface area contributed by atoms with Gasteiger partial charge in [0.05, 0.1) is 12.7 Å². The SMILES string of the molecule is C[C@@H]1CC[C@@]2(OC1)O[C@H]1C[C@H]3[C@@H]4CC=C5C[CH-]CC[C@]5(C)[C@H]4CC[C@]3(C)[C@H]1[C@@H]2C.[Ho]. The Hall–Kier alpha value is 0.920. The van der Waals surface area contributed by atoms with Crippen molar-refractivity contribution in [2.75, 3.05) is 6.61 Å². The minimum Gasteiger partial charge on any atom is -0.349 e. The molecule has 0 N–H and O–H groups in total. The van der Waals surface area contributed by atoms with E-state index in [1.165, 1.54) is 51.4 Å². The third-order valence-electron chi connectivity index (χ3n) is 11.1. The van der Waals surface area contributed by atoms with Gasteiger partial charge in [-0.15, -0.1) is 0 Å². The summed E-state index contributed by atoms with van der Waals surface area (Å²) in [5.41, 5.74) is 2.71. The number of fused-ring (bicyclic) bond motifs is 7. The fourth-order valence-electron chi connectivity index (χ4n) is 9.50. The smallest absolute Gasteiger partial charge is 0.171 e. The van der Waals surface area contributed by atoms with E-state index in [2.05, 4.69) is 40.2 Å². The van der Waals surface area contributed by atoms with Gasteiger partial charge in [0.1, 0.15) is 0 Å². The molecule has 6 rings (SSSR count). The van der Waals surface area contributed by atoms with E-state index in [1.54, 1.807) is 5.57 Å². The minimum atomic E-state index is -0.266. The van der Waals surface area contributed by atoms with Crippen LogP contribution in [0.4, 0.5) is 0 Å². The molecular formula is C27H41HoO2-. The fourth-order valence-corrected chi connectivity index (χ4v) is 9.50. The molecule has 5 fully saturated rings. The van der Waals surface area contributed by atoms with Crippen LogP contribution in [0.2, 0.25) is 0 Å². The number of allylic oxidation sites excluding steroid dienone is 2. The first kappa shape index (κ1) is 22.7. The second-order valence-corrected chi connectivity index (χ2v) is 12.3. The predicted octanol–water partition coefficient (Wildman–Crippen LogP) is 6.56. The van der Waals surface area contributed by atoms with Crippen molar-refractivity contribution in [3.63, 3.8) is 0 Å². The fraction of sp³-hybridized carbons (Fsp3) is 0.889. The van der Waals surface area contributed by atoms with Crippen molar-refractivity contribution < 1.29 is 47.2 Å². The number of hydrogen-bond acceptors (Lipinski definition) is 2. The second-order valence-electron chi connectivity index (χ2n) is 12.3. The first-order valence-corrected chi connectivity index (χ1v) is 12.7. The Morgan fingerprint density at radius 3 is 2.67 bits per heavy atom. The number of rotatable bonds is 0. The zero-order valence-electron chi connectivity index (χ0n) is 19.4. The summed E-state index contributed by atoms with van der Waals surface area (Å²) in [5, 5.41) is 0.